The second-order valence-corrected chi connectivity index (χ2v) is 4.72. The summed E-state index contributed by atoms with van der Waals surface area (Å²) >= 11 is 0. The largest absolute Gasteiger partial charge is 0.382 e. The normalized spacial score (nSPS) is 10.1. The van der Waals surface area contributed by atoms with Gasteiger partial charge in [-0.25, -0.2) is 0 Å². The van der Waals surface area contributed by atoms with Crippen molar-refractivity contribution < 1.29 is 4.92 Å². The van der Waals surface area contributed by atoms with E-state index < -0.39 is 0 Å². The zero-order chi connectivity index (χ0) is 15.1. The minimum Gasteiger partial charge on any atom is -0.382 e. The molecule has 0 amide bonds. The van der Waals surface area contributed by atoms with E-state index in [9.17, 15) is 10.1 Å². The SMILES string of the molecule is CNc1cccc(NCCCc2ccccc2)c1[N+](=O)[O-]. The molecule has 110 valence electrons. The van der Waals surface area contributed by atoms with Crippen LogP contribution in [-0.2, 0) is 6.42 Å². The molecule has 0 spiro atoms. The van der Waals surface area contributed by atoms with Crippen molar-refractivity contribution in [2.45, 2.75) is 12.8 Å². The first kappa shape index (κ1) is 14.8. The number of para-hydroxylation sites is 1. The fourth-order valence-corrected chi connectivity index (χ4v) is 2.24. The van der Waals surface area contributed by atoms with E-state index >= 15 is 0 Å². The molecule has 2 N–H and O–H groups in total. The molecule has 0 saturated heterocycles. The highest BCUT2D eigenvalue weighted by Gasteiger charge is 2.18. The Balaban J connectivity index is 1.95. The van der Waals surface area contributed by atoms with E-state index in [1.165, 1.54) is 5.56 Å². The Morgan fingerprint density at radius 2 is 1.76 bits per heavy atom. The van der Waals surface area contributed by atoms with Gasteiger partial charge < -0.3 is 10.6 Å². The van der Waals surface area contributed by atoms with Crippen LogP contribution in [0.1, 0.15) is 12.0 Å². The van der Waals surface area contributed by atoms with Gasteiger partial charge in [0.1, 0.15) is 11.4 Å². The van der Waals surface area contributed by atoms with Crippen molar-refractivity contribution >= 4 is 17.1 Å². The molecule has 2 aromatic carbocycles. The van der Waals surface area contributed by atoms with Crippen molar-refractivity contribution in [1.29, 1.82) is 0 Å². The van der Waals surface area contributed by atoms with E-state index in [1.54, 1.807) is 25.2 Å². The van der Waals surface area contributed by atoms with Gasteiger partial charge in [0.25, 0.3) is 0 Å². The lowest BCUT2D eigenvalue weighted by Crippen LogP contribution is -2.07. The van der Waals surface area contributed by atoms with Gasteiger partial charge in [0.05, 0.1) is 4.92 Å². The van der Waals surface area contributed by atoms with Gasteiger partial charge in [-0.3, -0.25) is 10.1 Å². The third-order valence-electron chi connectivity index (χ3n) is 3.29. The summed E-state index contributed by atoms with van der Waals surface area (Å²) in [6.45, 7) is 0.697. The maximum atomic E-state index is 11.2. The van der Waals surface area contributed by atoms with Crippen LogP contribution in [0.3, 0.4) is 0 Å². The lowest BCUT2D eigenvalue weighted by molar-refractivity contribution is -0.383. The number of nitro benzene ring substituents is 1. The quantitative estimate of drug-likeness (QED) is 0.462. The van der Waals surface area contributed by atoms with E-state index in [0.29, 0.717) is 17.9 Å². The monoisotopic (exact) mass is 285 g/mol. The molecule has 0 bridgehead atoms. The standard InChI is InChI=1S/C16H19N3O2/c1-17-14-10-5-11-15(16(14)19(20)21)18-12-6-9-13-7-3-2-4-8-13/h2-5,7-8,10-11,17-18H,6,9,12H2,1H3. The van der Waals surface area contributed by atoms with E-state index in [1.807, 2.05) is 18.2 Å². The molecule has 0 saturated carbocycles. The molecule has 5 nitrogen and oxygen atoms in total. The molecule has 0 radical (unpaired) electrons. The van der Waals surface area contributed by atoms with Gasteiger partial charge in [0.15, 0.2) is 0 Å². The number of anilines is 2. The van der Waals surface area contributed by atoms with Crippen molar-refractivity contribution in [3.05, 3.63) is 64.2 Å². The molecule has 0 heterocycles. The predicted molar refractivity (Wildman–Crippen MR) is 85.9 cm³/mol. The van der Waals surface area contributed by atoms with Crippen LogP contribution in [0.15, 0.2) is 48.5 Å². The number of benzene rings is 2. The van der Waals surface area contributed by atoms with Crippen molar-refractivity contribution in [1.82, 2.24) is 0 Å². The zero-order valence-corrected chi connectivity index (χ0v) is 12.0. The molecule has 0 atom stereocenters. The molecule has 21 heavy (non-hydrogen) atoms. The Hall–Kier alpha value is -2.56. The van der Waals surface area contributed by atoms with Gasteiger partial charge in [-0.15, -0.1) is 0 Å². The van der Waals surface area contributed by atoms with Crippen molar-refractivity contribution in [2.75, 3.05) is 24.2 Å². The third kappa shape index (κ3) is 3.95. The van der Waals surface area contributed by atoms with Crippen LogP contribution >= 0.6 is 0 Å². The van der Waals surface area contributed by atoms with Crippen molar-refractivity contribution in [3.63, 3.8) is 0 Å². The molecular weight excluding hydrogens is 266 g/mol. The number of hydrogen-bond donors (Lipinski definition) is 2. The first-order valence-corrected chi connectivity index (χ1v) is 6.95. The number of hydrogen-bond acceptors (Lipinski definition) is 4. The summed E-state index contributed by atoms with van der Waals surface area (Å²) in [5.74, 6) is 0. The number of nitrogens with zero attached hydrogens (tertiary/aromatic N) is 1. The van der Waals surface area contributed by atoms with Gasteiger partial charge >= 0.3 is 5.69 Å². The smallest absolute Gasteiger partial charge is 0.315 e. The molecule has 0 fully saturated rings. The van der Waals surface area contributed by atoms with Crippen LogP contribution in [-0.4, -0.2) is 18.5 Å². The fourth-order valence-electron chi connectivity index (χ4n) is 2.24. The van der Waals surface area contributed by atoms with Crippen molar-refractivity contribution in [2.24, 2.45) is 0 Å². The summed E-state index contributed by atoms with van der Waals surface area (Å²) in [5, 5.41) is 17.2. The minimum atomic E-state index is -0.356. The number of rotatable bonds is 7. The van der Waals surface area contributed by atoms with Crippen LogP contribution in [0, 0.1) is 10.1 Å². The molecule has 2 rings (SSSR count). The highest BCUT2D eigenvalue weighted by molar-refractivity contribution is 5.75. The lowest BCUT2D eigenvalue weighted by atomic mass is 10.1. The van der Waals surface area contributed by atoms with E-state index in [2.05, 4.69) is 22.8 Å². The first-order chi connectivity index (χ1) is 10.2. The number of nitro groups is 1. The molecule has 0 unspecified atom stereocenters. The van der Waals surface area contributed by atoms with Crippen LogP contribution in [0.25, 0.3) is 0 Å². The number of aryl methyl sites for hydroxylation is 1. The molecule has 0 aliphatic heterocycles. The summed E-state index contributed by atoms with van der Waals surface area (Å²) in [6.07, 6.45) is 1.87. The van der Waals surface area contributed by atoms with Gasteiger partial charge in [-0.05, 0) is 30.5 Å². The predicted octanol–water partition coefficient (Wildman–Crippen LogP) is 3.68. The number of nitrogens with one attached hydrogen (secondary N) is 2. The topological polar surface area (TPSA) is 67.2 Å². The average molecular weight is 285 g/mol. The molecular formula is C16H19N3O2. The maximum absolute atomic E-state index is 11.2. The molecule has 0 aromatic heterocycles. The lowest BCUT2D eigenvalue weighted by Gasteiger charge is -2.10. The van der Waals surface area contributed by atoms with Crippen molar-refractivity contribution in [3.8, 4) is 0 Å². The van der Waals surface area contributed by atoms with E-state index in [0.717, 1.165) is 12.8 Å². The van der Waals surface area contributed by atoms with Crippen LogP contribution < -0.4 is 10.6 Å². The molecule has 5 heteroatoms. The average Bonchev–Trinajstić information content (AvgIpc) is 2.52. The minimum absolute atomic E-state index is 0.0970. The highest BCUT2D eigenvalue weighted by Crippen LogP contribution is 2.32. The maximum Gasteiger partial charge on any atom is 0.315 e. The van der Waals surface area contributed by atoms with E-state index in [4.69, 9.17) is 0 Å². The summed E-state index contributed by atoms with van der Waals surface area (Å²) in [7, 11) is 1.68. The summed E-state index contributed by atoms with van der Waals surface area (Å²) < 4.78 is 0. The Morgan fingerprint density at radius 1 is 1.05 bits per heavy atom. The van der Waals surface area contributed by atoms with Crippen LogP contribution in [0.2, 0.25) is 0 Å². The van der Waals surface area contributed by atoms with Crippen LogP contribution in [0.4, 0.5) is 17.1 Å². The van der Waals surface area contributed by atoms with Gasteiger partial charge in [0, 0.05) is 13.6 Å². The molecule has 0 aliphatic carbocycles. The third-order valence-corrected chi connectivity index (χ3v) is 3.29. The highest BCUT2D eigenvalue weighted by atomic mass is 16.6. The second-order valence-electron chi connectivity index (χ2n) is 4.72. The van der Waals surface area contributed by atoms with E-state index in [-0.39, 0.29) is 10.6 Å². The Morgan fingerprint density at radius 3 is 2.43 bits per heavy atom. The summed E-state index contributed by atoms with van der Waals surface area (Å²) in [4.78, 5) is 10.8. The second kappa shape index (κ2) is 7.28. The van der Waals surface area contributed by atoms with Gasteiger partial charge in [0.2, 0.25) is 0 Å². The Bertz CT molecular complexity index is 600. The summed E-state index contributed by atoms with van der Waals surface area (Å²) in [6, 6.07) is 15.4. The molecule has 0 aliphatic rings. The zero-order valence-electron chi connectivity index (χ0n) is 12.0. The fraction of sp³-hybridized carbons (Fsp3) is 0.250. The Labute approximate surface area is 124 Å². The molecule has 2 aromatic rings. The van der Waals surface area contributed by atoms with Gasteiger partial charge in [-0.1, -0.05) is 36.4 Å². The summed E-state index contributed by atoms with van der Waals surface area (Å²) in [5.41, 5.74) is 2.45. The Kier molecular flexibility index (Phi) is 5.15. The van der Waals surface area contributed by atoms with Crippen LogP contribution in [0.5, 0.6) is 0 Å². The first-order valence-electron chi connectivity index (χ1n) is 6.95. The van der Waals surface area contributed by atoms with Gasteiger partial charge in [-0.2, -0.15) is 0 Å².